The molecule has 0 radical (unpaired) electrons. The molecular formula is C18H18N2. The number of nitrogens with zero attached hydrogens (tertiary/aromatic N) is 1. The van der Waals surface area contributed by atoms with Crippen LogP contribution in [0.2, 0.25) is 0 Å². The summed E-state index contributed by atoms with van der Waals surface area (Å²) < 4.78 is 0. The van der Waals surface area contributed by atoms with Crippen molar-refractivity contribution in [2.75, 3.05) is 11.9 Å². The molecule has 0 heterocycles. The van der Waals surface area contributed by atoms with E-state index in [1.165, 1.54) is 5.56 Å². The zero-order valence-corrected chi connectivity index (χ0v) is 11.4. The van der Waals surface area contributed by atoms with Crippen molar-refractivity contribution in [1.29, 1.82) is 5.26 Å². The zero-order valence-electron chi connectivity index (χ0n) is 11.4. The fraction of sp³-hybridized carbons (Fsp3) is 0.167. The summed E-state index contributed by atoms with van der Waals surface area (Å²) >= 11 is 0. The third-order valence-electron chi connectivity index (χ3n) is 3.00. The van der Waals surface area contributed by atoms with E-state index in [0.717, 1.165) is 25.1 Å². The van der Waals surface area contributed by atoms with Gasteiger partial charge in [0.25, 0.3) is 0 Å². The molecule has 2 nitrogen and oxygen atoms in total. The van der Waals surface area contributed by atoms with Crippen LogP contribution in [0, 0.1) is 11.3 Å². The monoisotopic (exact) mass is 262 g/mol. The molecule has 0 bridgehead atoms. The van der Waals surface area contributed by atoms with Crippen molar-refractivity contribution >= 4 is 11.8 Å². The standard InChI is InChI=1S/C18H18N2/c19-15-17-10-12-18(13-11-17)20-14-6-2-5-9-16-7-3-1-4-8-16/h1,3-5,7-13,20H,2,6,14H2. The minimum Gasteiger partial charge on any atom is -0.385 e. The number of nitriles is 1. The predicted octanol–water partition coefficient (Wildman–Crippen LogP) is 4.46. The molecule has 2 aromatic carbocycles. The van der Waals surface area contributed by atoms with Crippen LogP contribution in [-0.4, -0.2) is 6.54 Å². The fourth-order valence-electron chi connectivity index (χ4n) is 1.90. The summed E-state index contributed by atoms with van der Waals surface area (Å²) in [7, 11) is 0. The van der Waals surface area contributed by atoms with Crippen LogP contribution in [0.15, 0.2) is 60.7 Å². The van der Waals surface area contributed by atoms with E-state index in [2.05, 4.69) is 35.7 Å². The Morgan fingerprint density at radius 1 is 1.00 bits per heavy atom. The number of rotatable bonds is 6. The van der Waals surface area contributed by atoms with Gasteiger partial charge in [-0.15, -0.1) is 0 Å². The minimum atomic E-state index is 0.696. The highest BCUT2D eigenvalue weighted by atomic mass is 14.9. The van der Waals surface area contributed by atoms with E-state index in [1.807, 2.05) is 42.5 Å². The maximum absolute atomic E-state index is 8.72. The van der Waals surface area contributed by atoms with Crippen molar-refractivity contribution < 1.29 is 0 Å². The normalized spacial score (nSPS) is 10.3. The number of anilines is 1. The van der Waals surface area contributed by atoms with Gasteiger partial charge in [0, 0.05) is 12.2 Å². The van der Waals surface area contributed by atoms with E-state index in [9.17, 15) is 0 Å². The van der Waals surface area contributed by atoms with Gasteiger partial charge in [0.15, 0.2) is 0 Å². The van der Waals surface area contributed by atoms with Gasteiger partial charge in [0.1, 0.15) is 0 Å². The Bertz CT molecular complexity index is 577. The van der Waals surface area contributed by atoms with Gasteiger partial charge in [-0.2, -0.15) is 5.26 Å². The fourth-order valence-corrected chi connectivity index (χ4v) is 1.90. The van der Waals surface area contributed by atoms with Crippen molar-refractivity contribution in [2.24, 2.45) is 0 Å². The average molecular weight is 262 g/mol. The molecule has 1 N–H and O–H groups in total. The molecule has 0 atom stereocenters. The quantitative estimate of drug-likeness (QED) is 0.780. The number of hydrogen-bond donors (Lipinski definition) is 1. The summed E-state index contributed by atoms with van der Waals surface area (Å²) in [5.74, 6) is 0. The van der Waals surface area contributed by atoms with Crippen LogP contribution in [0.4, 0.5) is 5.69 Å². The predicted molar refractivity (Wildman–Crippen MR) is 84.4 cm³/mol. The maximum atomic E-state index is 8.72. The van der Waals surface area contributed by atoms with E-state index in [4.69, 9.17) is 5.26 Å². The SMILES string of the molecule is N#Cc1ccc(NCCCC=Cc2ccccc2)cc1. The summed E-state index contributed by atoms with van der Waals surface area (Å²) in [4.78, 5) is 0. The van der Waals surface area contributed by atoms with Gasteiger partial charge >= 0.3 is 0 Å². The molecule has 0 amide bonds. The molecule has 0 spiro atoms. The van der Waals surface area contributed by atoms with Crippen molar-refractivity contribution in [1.82, 2.24) is 0 Å². The zero-order chi connectivity index (χ0) is 14.0. The highest BCUT2D eigenvalue weighted by Gasteiger charge is 1.92. The van der Waals surface area contributed by atoms with E-state index >= 15 is 0 Å². The van der Waals surface area contributed by atoms with Crippen LogP contribution in [-0.2, 0) is 0 Å². The summed E-state index contributed by atoms with van der Waals surface area (Å²) in [5.41, 5.74) is 3.00. The first-order valence-electron chi connectivity index (χ1n) is 6.84. The van der Waals surface area contributed by atoms with Crippen LogP contribution in [0.3, 0.4) is 0 Å². The number of unbranched alkanes of at least 4 members (excludes halogenated alkanes) is 1. The second-order valence-electron chi connectivity index (χ2n) is 4.57. The second-order valence-corrected chi connectivity index (χ2v) is 4.57. The highest BCUT2D eigenvalue weighted by Crippen LogP contribution is 2.09. The van der Waals surface area contributed by atoms with Crippen LogP contribution >= 0.6 is 0 Å². The van der Waals surface area contributed by atoms with Crippen LogP contribution in [0.1, 0.15) is 24.0 Å². The molecule has 2 aromatic rings. The number of allylic oxidation sites excluding steroid dienone is 1. The first-order valence-corrected chi connectivity index (χ1v) is 6.84. The summed E-state index contributed by atoms with van der Waals surface area (Å²) in [6, 6.07) is 20.0. The molecule has 100 valence electrons. The first kappa shape index (κ1) is 13.9. The van der Waals surface area contributed by atoms with E-state index < -0.39 is 0 Å². The van der Waals surface area contributed by atoms with Gasteiger partial charge < -0.3 is 5.32 Å². The Kier molecular flexibility index (Phi) is 5.42. The van der Waals surface area contributed by atoms with Gasteiger partial charge in [-0.3, -0.25) is 0 Å². The lowest BCUT2D eigenvalue weighted by Gasteiger charge is -2.04. The Morgan fingerprint density at radius 2 is 1.75 bits per heavy atom. The lowest BCUT2D eigenvalue weighted by atomic mass is 10.2. The minimum absolute atomic E-state index is 0.696. The van der Waals surface area contributed by atoms with Gasteiger partial charge in [0.05, 0.1) is 11.6 Å². The third kappa shape index (κ3) is 4.62. The molecule has 0 aliphatic carbocycles. The Morgan fingerprint density at radius 3 is 2.45 bits per heavy atom. The van der Waals surface area contributed by atoms with Gasteiger partial charge in [-0.05, 0) is 42.7 Å². The molecule has 0 aliphatic rings. The van der Waals surface area contributed by atoms with Crippen LogP contribution in [0.25, 0.3) is 6.08 Å². The van der Waals surface area contributed by atoms with Crippen LogP contribution in [0.5, 0.6) is 0 Å². The second kappa shape index (κ2) is 7.81. The molecular weight excluding hydrogens is 244 g/mol. The van der Waals surface area contributed by atoms with Crippen molar-refractivity contribution in [3.05, 3.63) is 71.8 Å². The molecule has 0 aliphatic heterocycles. The Hall–Kier alpha value is -2.53. The Labute approximate surface area is 120 Å². The molecule has 20 heavy (non-hydrogen) atoms. The highest BCUT2D eigenvalue weighted by molar-refractivity contribution is 5.49. The smallest absolute Gasteiger partial charge is 0.0991 e. The molecule has 0 aromatic heterocycles. The summed E-state index contributed by atoms with van der Waals surface area (Å²) in [5, 5.41) is 12.1. The first-order chi connectivity index (χ1) is 9.88. The van der Waals surface area contributed by atoms with Crippen LogP contribution < -0.4 is 5.32 Å². The van der Waals surface area contributed by atoms with Crippen molar-refractivity contribution in [2.45, 2.75) is 12.8 Å². The third-order valence-corrected chi connectivity index (χ3v) is 3.00. The van der Waals surface area contributed by atoms with E-state index in [0.29, 0.717) is 5.56 Å². The molecule has 2 heteroatoms. The summed E-state index contributed by atoms with van der Waals surface area (Å²) in [6.07, 6.45) is 6.50. The molecule has 2 rings (SSSR count). The number of hydrogen-bond acceptors (Lipinski definition) is 2. The van der Waals surface area contributed by atoms with Crippen molar-refractivity contribution in [3.63, 3.8) is 0 Å². The molecule has 0 fully saturated rings. The maximum Gasteiger partial charge on any atom is 0.0991 e. The van der Waals surface area contributed by atoms with Gasteiger partial charge in [0.2, 0.25) is 0 Å². The summed E-state index contributed by atoms with van der Waals surface area (Å²) in [6.45, 7) is 0.936. The van der Waals surface area contributed by atoms with E-state index in [1.54, 1.807) is 0 Å². The molecule has 0 unspecified atom stereocenters. The molecule has 0 saturated heterocycles. The number of benzene rings is 2. The lowest BCUT2D eigenvalue weighted by molar-refractivity contribution is 0.892. The Balaban J connectivity index is 1.66. The topological polar surface area (TPSA) is 35.8 Å². The van der Waals surface area contributed by atoms with E-state index in [-0.39, 0.29) is 0 Å². The molecule has 0 saturated carbocycles. The van der Waals surface area contributed by atoms with Gasteiger partial charge in [-0.1, -0.05) is 42.5 Å². The number of nitrogens with one attached hydrogen (secondary N) is 1. The van der Waals surface area contributed by atoms with Crippen molar-refractivity contribution in [3.8, 4) is 6.07 Å². The largest absolute Gasteiger partial charge is 0.385 e. The lowest BCUT2D eigenvalue weighted by Crippen LogP contribution is -2.00. The average Bonchev–Trinajstić information content (AvgIpc) is 2.52. The van der Waals surface area contributed by atoms with Gasteiger partial charge in [-0.25, -0.2) is 0 Å².